The van der Waals surface area contributed by atoms with Gasteiger partial charge in [-0.15, -0.1) is 11.8 Å². The van der Waals surface area contributed by atoms with Crippen LogP contribution in [-0.4, -0.2) is 11.3 Å². The number of rotatable bonds is 4. The van der Waals surface area contributed by atoms with Crippen molar-refractivity contribution in [3.8, 4) is 0 Å². The van der Waals surface area contributed by atoms with Gasteiger partial charge in [-0.25, -0.2) is 0 Å². The van der Waals surface area contributed by atoms with Gasteiger partial charge in [-0.3, -0.25) is 5.41 Å². The lowest BCUT2D eigenvalue weighted by Crippen LogP contribution is -1.92. The minimum absolute atomic E-state index is 0.220. The molecule has 0 fully saturated rings. The molecule has 3 heteroatoms. The van der Waals surface area contributed by atoms with Gasteiger partial charge in [0.05, 0.1) is 11.5 Å². The van der Waals surface area contributed by atoms with Crippen LogP contribution < -0.4 is 0 Å². The molecule has 0 unspecified atom stereocenters. The molecule has 0 aliphatic rings. The Morgan fingerprint density at radius 2 is 1.94 bits per heavy atom. The normalized spacial score (nSPS) is 10.4. The Kier molecular flexibility index (Phi) is 3.94. The topological polar surface area (TPSA) is 40.9 Å². The Balaban J connectivity index is 2.09. The highest BCUT2D eigenvalue weighted by molar-refractivity contribution is 8.13. The minimum atomic E-state index is 0.220. The molecular formula is C14H13NOS. The first kappa shape index (κ1) is 11.9. The van der Waals surface area contributed by atoms with E-state index in [4.69, 9.17) is 5.41 Å². The molecule has 2 nitrogen and oxygen atoms in total. The molecule has 0 radical (unpaired) electrons. The molecule has 0 spiro atoms. The molecular weight excluding hydrogens is 230 g/mol. The van der Waals surface area contributed by atoms with Crippen molar-refractivity contribution in [3.63, 3.8) is 0 Å². The van der Waals surface area contributed by atoms with Crippen LogP contribution >= 0.6 is 11.8 Å². The lowest BCUT2D eigenvalue weighted by molar-refractivity contribution is -0.106. The number of thioether (sulfide) groups is 1. The van der Waals surface area contributed by atoms with E-state index in [2.05, 4.69) is 30.3 Å². The first-order chi connectivity index (χ1) is 8.29. The van der Waals surface area contributed by atoms with Crippen LogP contribution in [0.25, 0.3) is 10.8 Å². The van der Waals surface area contributed by atoms with E-state index in [-0.39, 0.29) is 6.42 Å². The third kappa shape index (κ3) is 3.17. The zero-order chi connectivity index (χ0) is 12.1. The van der Waals surface area contributed by atoms with Crippen LogP contribution in [0.4, 0.5) is 0 Å². The molecule has 0 amide bonds. The number of nitrogens with one attached hydrogen (secondary N) is 1. The number of aldehydes is 1. The van der Waals surface area contributed by atoms with Gasteiger partial charge < -0.3 is 4.79 Å². The van der Waals surface area contributed by atoms with Gasteiger partial charge in [-0.05, 0) is 16.3 Å². The van der Waals surface area contributed by atoms with Gasteiger partial charge >= 0.3 is 0 Å². The first-order valence-corrected chi connectivity index (χ1v) is 6.39. The molecule has 0 aliphatic carbocycles. The largest absolute Gasteiger partial charge is 0.303 e. The van der Waals surface area contributed by atoms with Crippen LogP contribution in [0.15, 0.2) is 42.5 Å². The van der Waals surface area contributed by atoms with Crippen molar-refractivity contribution in [2.45, 2.75) is 12.2 Å². The highest BCUT2D eigenvalue weighted by atomic mass is 32.2. The standard InChI is InChI=1S/C14H13NOS/c15-14(7-8-16)17-10-11-5-6-12-3-1-2-4-13(12)9-11/h1-6,8-9,15H,7,10H2. The van der Waals surface area contributed by atoms with Gasteiger partial charge in [0.25, 0.3) is 0 Å². The molecule has 1 N–H and O–H groups in total. The van der Waals surface area contributed by atoms with Gasteiger partial charge in [0.2, 0.25) is 0 Å². The molecule has 2 rings (SSSR count). The summed E-state index contributed by atoms with van der Waals surface area (Å²) in [5.41, 5.74) is 1.18. The highest BCUT2D eigenvalue weighted by Gasteiger charge is 2.00. The lowest BCUT2D eigenvalue weighted by atomic mass is 10.1. The lowest BCUT2D eigenvalue weighted by Gasteiger charge is -2.03. The number of benzene rings is 2. The number of fused-ring (bicyclic) bond motifs is 1. The summed E-state index contributed by atoms with van der Waals surface area (Å²) in [6.07, 6.45) is 0.994. The summed E-state index contributed by atoms with van der Waals surface area (Å²) in [7, 11) is 0. The number of carbonyl (C=O) groups excluding carboxylic acids is 1. The third-order valence-corrected chi connectivity index (χ3v) is 3.49. The van der Waals surface area contributed by atoms with Gasteiger partial charge in [0, 0.05) is 5.75 Å². The van der Waals surface area contributed by atoms with Crippen LogP contribution in [0.2, 0.25) is 0 Å². The fourth-order valence-corrected chi connectivity index (χ4v) is 2.34. The second-order valence-electron chi connectivity index (χ2n) is 3.76. The van der Waals surface area contributed by atoms with Gasteiger partial charge in [0.15, 0.2) is 0 Å². The molecule has 86 valence electrons. The zero-order valence-electron chi connectivity index (χ0n) is 9.35. The van der Waals surface area contributed by atoms with E-state index in [0.29, 0.717) is 5.04 Å². The summed E-state index contributed by atoms with van der Waals surface area (Å²) < 4.78 is 0. The van der Waals surface area contributed by atoms with E-state index in [1.165, 1.54) is 28.1 Å². The monoisotopic (exact) mass is 243 g/mol. The third-order valence-electron chi connectivity index (χ3n) is 2.50. The molecule has 0 bridgehead atoms. The van der Waals surface area contributed by atoms with Crippen LogP contribution in [0, 0.1) is 5.41 Å². The quantitative estimate of drug-likeness (QED) is 0.506. The van der Waals surface area contributed by atoms with Crippen LogP contribution in [0.5, 0.6) is 0 Å². The molecule has 2 aromatic carbocycles. The van der Waals surface area contributed by atoms with Crippen LogP contribution in [-0.2, 0) is 10.5 Å². The van der Waals surface area contributed by atoms with E-state index in [9.17, 15) is 4.79 Å². The maximum atomic E-state index is 10.2. The van der Waals surface area contributed by atoms with E-state index < -0.39 is 0 Å². The van der Waals surface area contributed by atoms with Crippen molar-refractivity contribution in [3.05, 3.63) is 48.0 Å². The molecule has 0 saturated heterocycles. The summed E-state index contributed by atoms with van der Waals surface area (Å²) in [4.78, 5) is 10.2. The number of carbonyl (C=O) groups is 1. The Morgan fingerprint density at radius 1 is 1.18 bits per heavy atom. The van der Waals surface area contributed by atoms with Crippen molar-refractivity contribution < 1.29 is 4.79 Å². The molecule has 17 heavy (non-hydrogen) atoms. The smallest absolute Gasteiger partial charge is 0.126 e. The van der Waals surface area contributed by atoms with Crippen molar-refractivity contribution in [1.29, 1.82) is 5.41 Å². The molecule has 2 aromatic rings. The summed E-state index contributed by atoms with van der Waals surface area (Å²) in [6, 6.07) is 14.5. The van der Waals surface area contributed by atoms with E-state index in [0.717, 1.165) is 12.0 Å². The average molecular weight is 243 g/mol. The Hall–Kier alpha value is -1.61. The Morgan fingerprint density at radius 3 is 2.71 bits per heavy atom. The van der Waals surface area contributed by atoms with E-state index in [1.807, 2.05) is 12.1 Å². The highest BCUT2D eigenvalue weighted by Crippen LogP contribution is 2.20. The maximum absolute atomic E-state index is 10.2. The Labute approximate surface area is 105 Å². The second-order valence-corrected chi connectivity index (χ2v) is 4.83. The zero-order valence-corrected chi connectivity index (χ0v) is 10.2. The SMILES string of the molecule is N=C(CC=O)SCc1ccc2ccccc2c1. The van der Waals surface area contributed by atoms with Crippen molar-refractivity contribution in [1.82, 2.24) is 0 Å². The predicted octanol–water partition coefficient (Wildman–Crippen LogP) is 3.64. The van der Waals surface area contributed by atoms with Crippen molar-refractivity contribution in [2.75, 3.05) is 0 Å². The van der Waals surface area contributed by atoms with Crippen LogP contribution in [0.3, 0.4) is 0 Å². The summed E-state index contributed by atoms with van der Waals surface area (Å²) in [6.45, 7) is 0. The van der Waals surface area contributed by atoms with E-state index in [1.54, 1.807) is 0 Å². The second kappa shape index (κ2) is 5.64. The van der Waals surface area contributed by atoms with E-state index >= 15 is 0 Å². The van der Waals surface area contributed by atoms with Gasteiger partial charge in [0.1, 0.15) is 6.29 Å². The van der Waals surface area contributed by atoms with Crippen molar-refractivity contribution >= 4 is 33.9 Å². The molecule has 0 aromatic heterocycles. The fourth-order valence-electron chi connectivity index (χ4n) is 1.63. The average Bonchev–Trinajstić information content (AvgIpc) is 2.36. The number of hydrogen-bond acceptors (Lipinski definition) is 3. The van der Waals surface area contributed by atoms with Gasteiger partial charge in [-0.2, -0.15) is 0 Å². The molecule has 0 saturated carbocycles. The minimum Gasteiger partial charge on any atom is -0.303 e. The molecule has 0 heterocycles. The summed E-state index contributed by atoms with van der Waals surface area (Å²) in [5, 5.41) is 10.4. The molecule has 0 aliphatic heterocycles. The Bertz CT molecular complexity index is 551. The predicted molar refractivity (Wildman–Crippen MR) is 73.7 cm³/mol. The molecule has 0 atom stereocenters. The fraction of sp³-hybridized carbons (Fsp3) is 0.143. The summed E-state index contributed by atoms with van der Waals surface area (Å²) in [5.74, 6) is 0.748. The first-order valence-electron chi connectivity index (χ1n) is 5.41. The van der Waals surface area contributed by atoms with Crippen LogP contribution in [0.1, 0.15) is 12.0 Å². The summed E-state index contributed by atoms with van der Waals surface area (Å²) >= 11 is 1.41. The van der Waals surface area contributed by atoms with Crippen molar-refractivity contribution in [2.24, 2.45) is 0 Å². The van der Waals surface area contributed by atoms with Gasteiger partial charge in [-0.1, -0.05) is 42.5 Å². The maximum Gasteiger partial charge on any atom is 0.126 e. The number of hydrogen-bond donors (Lipinski definition) is 1.